The van der Waals surface area contributed by atoms with Crippen LogP contribution in [0.3, 0.4) is 0 Å². The van der Waals surface area contributed by atoms with Crippen molar-refractivity contribution < 1.29 is 49.0 Å². The zero-order chi connectivity index (χ0) is 28.1. The van der Waals surface area contributed by atoms with E-state index in [1.807, 2.05) is 0 Å². The third-order valence-electron chi connectivity index (χ3n) is 7.29. The first-order valence-electron chi connectivity index (χ1n) is 13.8. The van der Waals surface area contributed by atoms with Crippen LogP contribution in [0.5, 0.6) is 0 Å². The van der Waals surface area contributed by atoms with Gasteiger partial charge in [0, 0.05) is 0 Å². The average Bonchev–Trinajstić information content (AvgIpc) is 3.52. The molecule has 0 aliphatic rings. The molecule has 0 aromatic heterocycles. The molecule has 0 heterocycles. The number of aryl methyl sites for hydroxylation is 4. The Kier molecular flexibility index (Phi) is 12.3. The molecule has 7 rings (SSSR count). The molecule has 7 aromatic rings. The number of hydrogen-bond acceptors (Lipinski definition) is 0. The molecule has 0 radical (unpaired) electrons. The summed E-state index contributed by atoms with van der Waals surface area (Å²) in [5.41, 5.74) is 8.03. The summed E-state index contributed by atoms with van der Waals surface area (Å²) < 4.78 is 1.42. The topological polar surface area (TPSA) is 0 Å². The van der Waals surface area contributed by atoms with Crippen LogP contribution in [-0.4, -0.2) is 3.21 Å². The molecule has 0 nitrogen and oxygen atoms in total. The zero-order valence-electron chi connectivity index (χ0n) is 24.5. The fourth-order valence-electron chi connectivity index (χ4n) is 5.12. The summed E-state index contributed by atoms with van der Waals surface area (Å²) in [7, 11) is 0. The van der Waals surface area contributed by atoms with E-state index in [0.717, 1.165) is 0 Å². The van der Waals surface area contributed by atoms with Crippen molar-refractivity contribution in [2.75, 3.05) is 0 Å². The predicted molar refractivity (Wildman–Crippen MR) is 172 cm³/mol. The fraction of sp³-hybridized carbons (Fsp3) is 0.103. The average molecular weight is 665 g/mol. The molecular weight excluding hydrogens is 631 g/mol. The fourth-order valence-corrected chi connectivity index (χ4v) is 5.94. The summed E-state index contributed by atoms with van der Waals surface area (Å²) in [6.45, 7) is 8.56. The first kappa shape index (κ1) is 33.4. The standard InChI is InChI=1S/C15H13.C13H10.C11H11.2ClH.Zr/c1-10-3-5-14-12(7-10)9-13-8-11(2)4-6-15(13)14;1-3-7-12(8-4-1)11-13-9-5-2-6-10-13;1-8-3-6-11-9(2)4-5-10(11)7-8;;;/h3-9H,1-2H3;1-10H;3-7H,1-2H3;2*1H;/q-1;;-1;;;+2/p-2. The molecule has 0 bridgehead atoms. The Bertz CT molecular complexity index is 1800. The molecule has 42 heavy (non-hydrogen) atoms. The number of hydrogen-bond donors (Lipinski definition) is 0. The van der Waals surface area contributed by atoms with E-state index in [2.05, 4.69) is 161 Å². The molecule has 0 aliphatic carbocycles. The minimum absolute atomic E-state index is 0. The van der Waals surface area contributed by atoms with Crippen molar-refractivity contribution in [1.82, 2.24) is 0 Å². The van der Waals surface area contributed by atoms with Crippen molar-refractivity contribution in [2.24, 2.45) is 0 Å². The molecule has 0 amide bonds. The Balaban J connectivity index is 0.000000171. The van der Waals surface area contributed by atoms with Gasteiger partial charge in [-0.2, -0.15) is 11.6 Å². The Hall–Kier alpha value is -3.09. The second-order valence-corrected chi connectivity index (χ2v) is 11.8. The van der Waals surface area contributed by atoms with Crippen LogP contribution >= 0.6 is 0 Å². The minimum atomic E-state index is 0. The van der Waals surface area contributed by atoms with Gasteiger partial charge in [0.1, 0.15) is 0 Å². The van der Waals surface area contributed by atoms with Gasteiger partial charge in [0.15, 0.2) is 0 Å². The van der Waals surface area contributed by atoms with Crippen LogP contribution in [0.15, 0.2) is 133 Å². The van der Waals surface area contributed by atoms with Gasteiger partial charge in [-0.25, -0.2) is 0 Å². The van der Waals surface area contributed by atoms with E-state index in [4.69, 9.17) is 0 Å². The van der Waals surface area contributed by atoms with Crippen LogP contribution in [0.25, 0.3) is 32.3 Å². The van der Waals surface area contributed by atoms with E-state index in [1.165, 1.54) is 93.1 Å². The maximum absolute atomic E-state index is 2.28. The van der Waals surface area contributed by atoms with Gasteiger partial charge in [-0.15, -0.1) is 68.7 Å². The third-order valence-corrected chi connectivity index (χ3v) is 8.70. The molecule has 0 aliphatic heterocycles. The summed E-state index contributed by atoms with van der Waals surface area (Å²) in [6.07, 6.45) is 0. The number of halogens is 2. The molecule has 3 heteroatoms. The second-order valence-electron chi connectivity index (χ2n) is 10.5. The Morgan fingerprint density at radius 1 is 0.500 bits per heavy atom. The molecule has 210 valence electrons. The van der Waals surface area contributed by atoms with Crippen LogP contribution in [0, 0.1) is 27.7 Å². The summed E-state index contributed by atoms with van der Waals surface area (Å²) >= 11 is 1.46. The first-order chi connectivity index (χ1) is 19.4. The van der Waals surface area contributed by atoms with E-state index in [-0.39, 0.29) is 24.8 Å². The summed E-state index contributed by atoms with van der Waals surface area (Å²) in [6, 6.07) is 47.6. The molecule has 0 N–H and O–H groups in total. The monoisotopic (exact) mass is 662 g/mol. The Labute approximate surface area is 277 Å². The maximum atomic E-state index is 2.28. The number of fused-ring (bicyclic) bond motifs is 4. The molecule has 0 saturated heterocycles. The van der Waals surface area contributed by atoms with Gasteiger partial charge in [0.2, 0.25) is 0 Å². The van der Waals surface area contributed by atoms with Gasteiger partial charge >= 0.3 is 99.2 Å². The molecule has 0 unspecified atom stereocenters. The van der Waals surface area contributed by atoms with Gasteiger partial charge < -0.3 is 24.8 Å². The van der Waals surface area contributed by atoms with Crippen molar-refractivity contribution in [3.8, 4) is 0 Å². The summed E-state index contributed by atoms with van der Waals surface area (Å²) in [5, 5.41) is 8.20. The predicted octanol–water partition coefficient (Wildman–Crippen LogP) is 4.31. The Morgan fingerprint density at radius 2 is 0.905 bits per heavy atom. The van der Waals surface area contributed by atoms with Crippen LogP contribution in [-0.2, 0) is 24.2 Å². The normalized spacial score (nSPS) is 10.1. The molecule has 0 saturated carbocycles. The summed E-state index contributed by atoms with van der Waals surface area (Å²) in [5.74, 6) is 0. The van der Waals surface area contributed by atoms with Gasteiger partial charge in [-0.1, -0.05) is 53.9 Å². The zero-order valence-corrected chi connectivity index (χ0v) is 28.4. The van der Waals surface area contributed by atoms with E-state index < -0.39 is 0 Å². The van der Waals surface area contributed by atoms with E-state index in [0.29, 0.717) is 0 Å². The van der Waals surface area contributed by atoms with E-state index in [1.54, 1.807) is 0 Å². The first-order valence-corrected chi connectivity index (χ1v) is 15.0. The number of rotatable bonds is 2. The number of benzene rings is 5. The molecule has 0 atom stereocenters. The SMILES string of the molecule is Cc1ccc2c(C)c[cH-]c2c1.Cc1ccc2c(c1)[cH-]c1cc(C)ccc12.[Cl-].[Cl-].[Zr+2]=[C](c1ccccc1)c1ccccc1. The molecule has 0 fully saturated rings. The van der Waals surface area contributed by atoms with Gasteiger partial charge in [-0.3, -0.25) is 0 Å². The second kappa shape index (κ2) is 15.4. The van der Waals surface area contributed by atoms with Crippen molar-refractivity contribution in [2.45, 2.75) is 27.7 Å². The van der Waals surface area contributed by atoms with Gasteiger partial charge in [-0.05, 0) is 20.8 Å². The van der Waals surface area contributed by atoms with Gasteiger partial charge in [0.05, 0.1) is 0 Å². The molecule has 0 spiro atoms. The van der Waals surface area contributed by atoms with Crippen LogP contribution in [0.1, 0.15) is 33.4 Å². The van der Waals surface area contributed by atoms with Crippen LogP contribution in [0.4, 0.5) is 0 Å². The quantitative estimate of drug-likeness (QED) is 0.242. The van der Waals surface area contributed by atoms with E-state index in [9.17, 15) is 0 Å². The van der Waals surface area contributed by atoms with Crippen LogP contribution < -0.4 is 24.8 Å². The van der Waals surface area contributed by atoms with Crippen molar-refractivity contribution >= 4 is 35.5 Å². The van der Waals surface area contributed by atoms with Crippen molar-refractivity contribution in [3.05, 3.63) is 167 Å². The van der Waals surface area contributed by atoms with Gasteiger partial charge in [0.25, 0.3) is 0 Å². The van der Waals surface area contributed by atoms with Crippen molar-refractivity contribution in [1.29, 1.82) is 0 Å². The van der Waals surface area contributed by atoms with E-state index >= 15 is 0 Å². The molecule has 7 aromatic carbocycles. The molecular formula is C39H34Cl2Zr-2. The Morgan fingerprint density at radius 3 is 1.36 bits per heavy atom. The third kappa shape index (κ3) is 8.05. The van der Waals surface area contributed by atoms with Crippen molar-refractivity contribution in [3.63, 3.8) is 0 Å². The summed E-state index contributed by atoms with van der Waals surface area (Å²) in [4.78, 5) is 0. The van der Waals surface area contributed by atoms with Crippen LogP contribution in [0.2, 0.25) is 0 Å².